The van der Waals surface area contributed by atoms with Crippen molar-refractivity contribution >= 4 is 5.91 Å². The number of hydrogen-bond acceptors (Lipinski definition) is 4. The van der Waals surface area contributed by atoms with E-state index in [-0.39, 0.29) is 6.54 Å². The van der Waals surface area contributed by atoms with Gasteiger partial charge >= 0.3 is 0 Å². The first kappa shape index (κ1) is 11.7. The second-order valence-electron chi connectivity index (χ2n) is 3.18. The van der Waals surface area contributed by atoms with Crippen molar-refractivity contribution in [3.63, 3.8) is 0 Å². The normalized spacial score (nSPS) is 12.7. The molecule has 0 spiro atoms. The van der Waals surface area contributed by atoms with Crippen LogP contribution in [0.2, 0.25) is 0 Å². The van der Waals surface area contributed by atoms with Crippen LogP contribution in [0.15, 0.2) is 12.4 Å². The SMILES string of the molecule is CCn1ccnc1CNCC(O)C(N)=O. The van der Waals surface area contributed by atoms with Crippen LogP contribution in [0.5, 0.6) is 0 Å². The average Bonchev–Trinajstić information content (AvgIpc) is 2.65. The highest BCUT2D eigenvalue weighted by Crippen LogP contribution is 1.96. The zero-order valence-electron chi connectivity index (χ0n) is 8.68. The van der Waals surface area contributed by atoms with Crippen molar-refractivity contribution in [2.75, 3.05) is 6.54 Å². The number of rotatable bonds is 6. The van der Waals surface area contributed by atoms with E-state index in [0.29, 0.717) is 6.54 Å². The topological polar surface area (TPSA) is 93.2 Å². The Morgan fingerprint density at radius 2 is 2.53 bits per heavy atom. The van der Waals surface area contributed by atoms with Gasteiger partial charge in [-0.3, -0.25) is 4.79 Å². The number of carbonyl (C=O) groups excluding carboxylic acids is 1. The molecule has 0 radical (unpaired) electrons. The van der Waals surface area contributed by atoms with Gasteiger partial charge < -0.3 is 20.7 Å². The summed E-state index contributed by atoms with van der Waals surface area (Å²) in [7, 11) is 0. The number of aliphatic hydroxyl groups excluding tert-OH is 1. The van der Waals surface area contributed by atoms with E-state index in [0.717, 1.165) is 12.4 Å². The number of hydrogen-bond donors (Lipinski definition) is 3. The zero-order chi connectivity index (χ0) is 11.3. The third-order valence-electron chi connectivity index (χ3n) is 2.09. The Kier molecular flexibility index (Phi) is 4.26. The highest BCUT2D eigenvalue weighted by Gasteiger charge is 2.10. The van der Waals surface area contributed by atoms with E-state index in [1.165, 1.54) is 0 Å². The number of aliphatic hydroxyl groups is 1. The standard InChI is InChI=1S/C9H16N4O2/c1-2-13-4-3-12-8(13)6-11-5-7(14)9(10)15/h3-4,7,11,14H,2,5-6H2,1H3,(H2,10,15). The van der Waals surface area contributed by atoms with Crippen LogP contribution in [-0.2, 0) is 17.9 Å². The number of imidazole rings is 1. The van der Waals surface area contributed by atoms with E-state index in [1.54, 1.807) is 6.20 Å². The van der Waals surface area contributed by atoms with Crippen LogP contribution in [0.25, 0.3) is 0 Å². The summed E-state index contributed by atoms with van der Waals surface area (Å²) in [4.78, 5) is 14.7. The Balaban J connectivity index is 2.34. The molecule has 1 aromatic heterocycles. The summed E-state index contributed by atoms with van der Waals surface area (Å²) in [6, 6.07) is 0. The Bertz CT molecular complexity index is 324. The second-order valence-corrected chi connectivity index (χ2v) is 3.18. The number of aromatic nitrogens is 2. The van der Waals surface area contributed by atoms with Crippen molar-refractivity contribution in [3.8, 4) is 0 Å². The molecule has 6 heteroatoms. The van der Waals surface area contributed by atoms with Gasteiger partial charge in [-0.1, -0.05) is 0 Å². The van der Waals surface area contributed by atoms with Crippen molar-refractivity contribution in [1.82, 2.24) is 14.9 Å². The van der Waals surface area contributed by atoms with Gasteiger partial charge in [0.05, 0.1) is 6.54 Å². The maximum absolute atomic E-state index is 10.5. The number of amides is 1. The third-order valence-corrected chi connectivity index (χ3v) is 2.09. The minimum Gasteiger partial charge on any atom is -0.382 e. The average molecular weight is 212 g/mol. The van der Waals surface area contributed by atoms with Gasteiger partial charge in [0.25, 0.3) is 0 Å². The van der Waals surface area contributed by atoms with Crippen LogP contribution < -0.4 is 11.1 Å². The van der Waals surface area contributed by atoms with Crippen molar-refractivity contribution in [2.45, 2.75) is 26.1 Å². The van der Waals surface area contributed by atoms with E-state index in [4.69, 9.17) is 10.8 Å². The molecule has 0 aromatic carbocycles. The van der Waals surface area contributed by atoms with Crippen molar-refractivity contribution < 1.29 is 9.90 Å². The van der Waals surface area contributed by atoms with Gasteiger partial charge in [-0.15, -0.1) is 0 Å². The lowest BCUT2D eigenvalue weighted by Crippen LogP contribution is -2.37. The van der Waals surface area contributed by atoms with Crippen LogP contribution in [0, 0.1) is 0 Å². The van der Waals surface area contributed by atoms with Crippen molar-refractivity contribution in [3.05, 3.63) is 18.2 Å². The fraction of sp³-hybridized carbons (Fsp3) is 0.556. The minimum absolute atomic E-state index is 0.145. The highest BCUT2D eigenvalue weighted by molar-refractivity contribution is 5.78. The molecule has 6 nitrogen and oxygen atoms in total. The largest absolute Gasteiger partial charge is 0.382 e. The van der Waals surface area contributed by atoms with Crippen molar-refractivity contribution in [2.24, 2.45) is 5.73 Å². The number of nitrogens with two attached hydrogens (primary N) is 1. The van der Waals surface area contributed by atoms with Gasteiger partial charge in [0, 0.05) is 25.5 Å². The molecule has 0 aliphatic rings. The molecule has 0 saturated heterocycles. The van der Waals surface area contributed by atoms with Crippen LogP contribution in [0.4, 0.5) is 0 Å². The fourth-order valence-electron chi connectivity index (χ4n) is 1.22. The minimum atomic E-state index is -1.14. The summed E-state index contributed by atoms with van der Waals surface area (Å²) in [5.74, 6) is 0.149. The summed E-state index contributed by atoms with van der Waals surface area (Å²) in [6.45, 7) is 3.51. The molecule has 0 saturated carbocycles. The van der Waals surface area contributed by atoms with Gasteiger partial charge in [0.15, 0.2) is 0 Å². The molecule has 4 N–H and O–H groups in total. The number of aryl methyl sites for hydroxylation is 1. The Labute approximate surface area is 88.1 Å². The Morgan fingerprint density at radius 1 is 1.80 bits per heavy atom. The number of primary amides is 1. The predicted molar refractivity (Wildman–Crippen MR) is 54.8 cm³/mol. The molecule has 84 valence electrons. The third kappa shape index (κ3) is 3.34. The lowest BCUT2D eigenvalue weighted by Gasteiger charge is -2.09. The molecule has 1 unspecified atom stereocenters. The van der Waals surface area contributed by atoms with Crippen molar-refractivity contribution in [1.29, 1.82) is 0 Å². The predicted octanol–water partition coefficient (Wildman–Crippen LogP) is -1.16. The first-order valence-electron chi connectivity index (χ1n) is 4.83. The van der Waals surface area contributed by atoms with E-state index in [9.17, 15) is 4.79 Å². The highest BCUT2D eigenvalue weighted by atomic mass is 16.3. The number of nitrogens with one attached hydrogen (secondary N) is 1. The maximum Gasteiger partial charge on any atom is 0.247 e. The summed E-state index contributed by atoms with van der Waals surface area (Å²) in [5.41, 5.74) is 4.90. The molecule has 1 amide bonds. The molecule has 1 atom stereocenters. The molecule has 1 rings (SSSR count). The second kappa shape index (κ2) is 5.47. The van der Waals surface area contributed by atoms with Gasteiger partial charge in [-0.05, 0) is 6.92 Å². The maximum atomic E-state index is 10.5. The zero-order valence-corrected chi connectivity index (χ0v) is 8.68. The molecule has 0 fully saturated rings. The molecule has 15 heavy (non-hydrogen) atoms. The lowest BCUT2D eigenvalue weighted by molar-refractivity contribution is -0.125. The monoisotopic (exact) mass is 212 g/mol. The summed E-state index contributed by atoms with van der Waals surface area (Å²) in [6.07, 6.45) is 2.45. The summed E-state index contributed by atoms with van der Waals surface area (Å²) in [5, 5.41) is 12.0. The summed E-state index contributed by atoms with van der Waals surface area (Å²) < 4.78 is 1.98. The van der Waals surface area contributed by atoms with E-state index in [2.05, 4.69) is 10.3 Å². The van der Waals surface area contributed by atoms with Gasteiger partial charge in [-0.25, -0.2) is 4.98 Å². The first-order chi connectivity index (χ1) is 7.15. The van der Waals surface area contributed by atoms with Gasteiger partial charge in [0.1, 0.15) is 11.9 Å². The molecule has 0 aliphatic carbocycles. The molecule has 0 aliphatic heterocycles. The quantitative estimate of drug-likeness (QED) is 0.554. The van der Waals surface area contributed by atoms with Crippen LogP contribution in [0.1, 0.15) is 12.7 Å². The van der Waals surface area contributed by atoms with Gasteiger partial charge in [-0.2, -0.15) is 0 Å². The van der Waals surface area contributed by atoms with Gasteiger partial charge in [0.2, 0.25) is 5.91 Å². The Morgan fingerprint density at radius 3 is 3.13 bits per heavy atom. The van der Waals surface area contributed by atoms with E-state index in [1.807, 2.05) is 17.7 Å². The first-order valence-corrected chi connectivity index (χ1v) is 4.83. The van der Waals surface area contributed by atoms with Crippen LogP contribution >= 0.6 is 0 Å². The van der Waals surface area contributed by atoms with Crippen LogP contribution in [-0.4, -0.2) is 33.2 Å². The smallest absolute Gasteiger partial charge is 0.247 e. The number of carbonyl (C=O) groups is 1. The fourth-order valence-corrected chi connectivity index (χ4v) is 1.22. The van der Waals surface area contributed by atoms with E-state index >= 15 is 0 Å². The Hall–Kier alpha value is -1.40. The molecule has 1 aromatic rings. The van der Waals surface area contributed by atoms with Crippen LogP contribution in [0.3, 0.4) is 0 Å². The molecular formula is C9H16N4O2. The lowest BCUT2D eigenvalue weighted by atomic mass is 10.3. The molecular weight excluding hydrogens is 196 g/mol. The molecule has 0 bridgehead atoms. The van der Waals surface area contributed by atoms with E-state index < -0.39 is 12.0 Å². The summed E-state index contributed by atoms with van der Waals surface area (Å²) >= 11 is 0. The number of nitrogens with zero attached hydrogens (tertiary/aromatic N) is 2. The molecule has 1 heterocycles.